The number of nitrogens with one attached hydrogen (secondary N) is 2. The number of halogens is 1. The van der Waals surface area contributed by atoms with Crippen molar-refractivity contribution in [1.82, 2.24) is 24.5 Å². The van der Waals surface area contributed by atoms with Crippen molar-refractivity contribution in [3.8, 4) is 11.4 Å². The summed E-state index contributed by atoms with van der Waals surface area (Å²) < 4.78 is 42.8. The van der Waals surface area contributed by atoms with Gasteiger partial charge in [-0.25, -0.2) is 17.8 Å². The molecule has 0 saturated carbocycles. The number of hydrogen-bond donors (Lipinski definition) is 2. The van der Waals surface area contributed by atoms with Crippen LogP contribution in [0.15, 0.2) is 59.5 Å². The molecule has 0 radical (unpaired) electrons. The quantitative estimate of drug-likeness (QED) is 0.552. The van der Waals surface area contributed by atoms with E-state index < -0.39 is 27.8 Å². The van der Waals surface area contributed by atoms with E-state index >= 15 is 0 Å². The van der Waals surface area contributed by atoms with Crippen LogP contribution in [0.1, 0.15) is 23.1 Å². The summed E-state index contributed by atoms with van der Waals surface area (Å²) in [5, 5.41) is 5.09. The van der Waals surface area contributed by atoms with E-state index in [4.69, 9.17) is 0 Å². The zero-order valence-corrected chi connectivity index (χ0v) is 19.5. The Balaban J connectivity index is 1.73. The molecule has 2 amide bonds. The van der Waals surface area contributed by atoms with Gasteiger partial charge in [-0.15, -0.1) is 0 Å². The van der Waals surface area contributed by atoms with Crippen LogP contribution in [0.25, 0.3) is 11.4 Å². The zero-order chi connectivity index (χ0) is 24.5. The van der Waals surface area contributed by atoms with Gasteiger partial charge in [0.05, 0.1) is 17.1 Å². The van der Waals surface area contributed by atoms with Gasteiger partial charge in [-0.2, -0.15) is 4.31 Å². The molecule has 34 heavy (non-hydrogen) atoms. The first-order valence-electron chi connectivity index (χ1n) is 10.7. The Morgan fingerprint density at radius 1 is 1.06 bits per heavy atom. The van der Waals surface area contributed by atoms with E-state index in [1.807, 2.05) is 34.9 Å². The lowest BCUT2D eigenvalue weighted by molar-refractivity contribution is -0.122. The number of sulfonamides is 1. The highest BCUT2D eigenvalue weighted by Gasteiger charge is 2.34. The molecule has 1 atom stereocenters. The van der Waals surface area contributed by atoms with E-state index in [0.29, 0.717) is 11.5 Å². The highest BCUT2D eigenvalue weighted by Crippen LogP contribution is 2.29. The van der Waals surface area contributed by atoms with Crippen LogP contribution < -0.4 is 10.6 Å². The lowest BCUT2D eigenvalue weighted by Crippen LogP contribution is -2.44. The summed E-state index contributed by atoms with van der Waals surface area (Å²) in [5.41, 5.74) is 1.24. The second-order valence-corrected chi connectivity index (χ2v) is 9.79. The van der Waals surface area contributed by atoms with Crippen molar-refractivity contribution in [3.05, 3.63) is 71.8 Å². The molecule has 1 aliphatic rings. The normalized spacial score (nSPS) is 14.8. The van der Waals surface area contributed by atoms with E-state index in [9.17, 15) is 22.4 Å². The lowest BCUT2D eigenvalue weighted by Gasteiger charge is -2.28. The topological polar surface area (TPSA) is 113 Å². The van der Waals surface area contributed by atoms with Gasteiger partial charge in [0.15, 0.2) is 5.69 Å². The summed E-state index contributed by atoms with van der Waals surface area (Å²) in [6, 6.07) is 13.1. The van der Waals surface area contributed by atoms with Crippen LogP contribution in [0.4, 0.5) is 4.39 Å². The van der Waals surface area contributed by atoms with E-state index in [2.05, 4.69) is 15.6 Å². The zero-order valence-electron chi connectivity index (χ0n) is 18.7. The minimum absolute atomic E-state index is 0.0376. The van der Waals surface area contributed by atoms with Crippen LogP contribution in [0, 0.1) is 5.82 Å². The Morgan fingerprint density at radius 2 is 1.74 bits per heavy atom. The fourth-order valence-corrected chi connectivity index (χ4v) is 5.23. The molecule has 0 unspecified atom stereocenters. The van der Waals surface area contributed by atoms with Crippen molar-refractivity contribution in [2.45, 2.75) is 31.0 Å². The van der Waals surface area contributed by atoms with Gasteiger partial charge < -0.3 is 15.2 Å². The maximum Gasteiger partial charge on any atom is 0.272 e. The van der Waals surface area contributed by atoms with Gasteiger partial charge in [0.25, 0.3) is 5.91 Å². The maximum atomic E-state index is 13.3. The minimum Gasteiger partial charge on any atom is -0.357 e. The first-order chi connectivity index (χ1) is 16.2. The number of aromatic nitrogens is 2. The van der Waals surface area contributed by atoms with Crippen LogP contribution in [0.3, 0.4) is 0 Å². The van der Waals surface area contributed by atoms with Crippen molar-refractivity contribution in [3.63, 3.8) is 0 Å². The molecule has 2 N–H and O–H groups in total. The molecule has 4 rings (SSSR count). The third-order valence-corrected chi connectivity index (χ3v) is 7.52. The lowest BCUT2D eigenvalue weighted by atomic mass is 10.2. The Labute approximate surface area is 196 Å². The summed E-state index contributed by atoms with van der Waals surface area (Å²) in [6.07, 6.45) is 0. The SMILES string of the molecule is CNC(=O)[C@H](C)NC(=O)c1nc(-c2ccccc2)n2c1CN(S(=O)(=O)c1ccc(F)cc1)CC2. The first kappa shape index (κ1) is 23.6. The Hall–Kier alpha value is -3.57. The third-order valence-electron chi connectivity index (χ3n) is 5.66. The number of fused-ring (bicyclic) bond motifs is 1. The Kier molecular flexibility index (Phi) is 6.49. The maximum absolute atomic E-state index is 13.3. The molecule has 1 aliphatic heterocycles. The van der Waals surface area contributed by atoms with Gasteiger partial charge in [-0.3, -0.25) is 9.59 Å². The van der Waals surface area contributed by atoms with E-state index in [1.165, 1.54) is 23.5 Å². The molecule has 9 nitrogen and oxygen atoms in total. The number of rotatable bonds is 6. The number of likely N-dealkylation sites (N-methyl/N-ethyl adjacent to an activating group) is 1. The van der Waals surface area contributed by atoms with E-state index in [-0.39, 0.29) is 36.1 Å². The monoisotopic (exact) mass is 485 g/mol. The number of hydrogen-bond acceptors (Lipinski definition) is 5. The Bertz CT molecular complexity index is 1320. The molecule has 11 heteroatoms. The van der Waals surface area contributed by atoms with Gasteiger partial charge in [-0.05, 0) is 31.2 Å². The summed E-state index contributed by atoms with van der Waals surface area (Å²) in [5.74, 6) is -0.951. The number of amides is 2. The van der Waals surface area contributed by atoms with E-state index in [1.54, 1.807) is 6.92 Å². The second-order valence-electron chi connectivity index (χ2n) is 7.85. The summed E-state index contributed by atoms with van der Waals surface area (Å²) in [4.78, 5) is 29.5. The summed E-state index contributed by atoms with van der Waals surface area (Å²) in [7, 11) is -2.46. The average molecular weight is 486 g/mol. The molecular formula is C23H24FN5O4S. The largest absolute Gasteiger partial charge is 0.357 e. The van der Waals surface area contributed by atoms with Crippen LogP contribution in [0.5, 0.6) is 0 Å². The highest BCUT2D eigenvalue weighted by molar-refractivity contribution is 7.89. The second kappa shape index (κ2) is 9.35. The minimum atomic E-state index is -3.93. The Morgan fingerprint density at radius 3 is 2.38 bits per heavy atom. The molecule has 2 heterocycles. The average Bonchev–Trinajstić information content (AvgIpc) is 3.23. The molecule has 0 aliphatic carbocycles. The number of carbonyl (C=O) groups is 2. The van der Waals surface area contributed by atoms with Crippen LogP contribution in [0.2, 0.25) is 0 Å². The smallest absolute Gasteiger partial charge is 0.272 e. The molecule has 0 bridgehead atoms. The number of imidazole rings is 1. The standard InChI is InChI=1S/C23H24FN5O4S/c1-15(22(30)25-2)26-23(31)20-19-14-28(34(32,33)18-10-8-17(24)9-11-18)12-13-29(19)21(27-20)16-6-4-3-5-7-16/h3-11,15H,12-14H2,1-2H3,(H,25,30)(H,26,31)/t15-/m0/s1. The van der Waals surface area contributed by atoms with E-state index in [0.717, 1.165) is 17.7 Å². The third kappa shape index (κ3) is 4.44. The summed E-state index contributed by atoms with van der Waals surface area (Å²) in [6.45, 7) is 1.86. The van der Waals surface area contributed by atoms with Crippen molar-refractivity contribution in [1.29, 1.82) is 0 Å². The van der Waals surface area contributed by atoms with Gasteiger partial charge in [0.1, 0.15) is 17.7 Å². The van der Waals surface area contributed by atoms with Gasteiger partial charge in [0.2, 0.25) is 15.9 Å². The van der Waals surface area contributed by atoms with Gasteiger partial charge in [0, 0.05) is 25.7 Å². The number of nitrogens with zero attached hydrogens (tertiary/aromatic N) is 3. The number of carbonyl (C=O) groups excluding carboxylic acids is 2. The fraction of sp³-hybridized carbons (Fsp3) is 0.261. The van der Waals surface area contributed by atoms with Crippen LogP contribution in [-0.4, -0.2) is 53.7 Å². The number of benzene rings is 2. The van der Waals surface area contributed by atoms with Crippen LogP contribution in [-0.2, 0) is 27.9 Å². The molecule has 3 aromatic rings. The van der Waals surface area contributed by atoms with Crippen molar-refractivity contribution in [2.24, 2.45) is 0 Å². The van der Waals surface area contributed by atoms with Gasteiger partial charge >= 0.3 is 0 Å². The fourth-order valence-electron chi connectivity index (χ4n) is 3.84. The predicted molar refractivity (Wildman–Crippen MR) is 123 cm³/mol. The molecular weight excluding hydrogens is 461 g/mol. The molecule has 0 spiro atoms. The highest BCUT2D eigenvalue weighted by atomic mass is 32.2. The molecule has 2 aromatic carbocycles. The summed E-state index contributed by atoms with van der Waals surface area (Å²) >= 11 is 0. The molecule has 178 valence electrons. The van der Waals surface area contributed by atoms with Crippen molar-refractivity contribution < 1.29 is 22.4 Å². The van der Waals surface area contributed by atoms with Crippen molar-refractivity contribution in [2.75, 3.05) is 13.6 Å². The molecule has 0 fully saturated rings. The van der Waals surface area contributed by atoms with Crippen LogP contribution >= 0.6 is 0 Å². The molecule has 0 saturated heterocycles. The van der Waals surface area contributed by atoms with Gasteiger partial charge in [-0.1, -0.05) is 30.3 Å². The first-order valence-corrected chi connectivity index (χ1v) is 12.1. The van der Waals surface area contributed by atoms with Crippen molar-refractivity contribution >= 4 is 21.8 Å². The molecule has 1 aromatic heterocycles. The predicted octanol–water partition coefficient (Wildman–Crippen LogP) is 1.76.